The highest BCUT2D eigenvalue weighted by Crippen LogP contribution is 2.45. The van der Waals surface area contributed by atoms with Gasteiger partial charge in [0.2, 0.25) is 0 Å². The van der Waals surface area contributed by atoms with E-state index in [0.29, 0.717) is 5.69 Å². The molecule has 28 heavy (non-hydrogen) atoms. The Morgan fingerprint density at radius 2 is 1.64 bits per heavy atom. The first-order valence-corrected chi connectivity index (χ1v) is 8.83. The Hall–Kier alpha value is -3.85. The van der Waals surface area contributed by atoms with Crippen LogP contribution >= 0.6 is 0 Å². The average molecular weight is 370 g/mol. The van der Waals surface area contributed by atoms with Crippen LogP contribution in [0.15, 0.2) is 77.3 Å². The molecule has 0 saturated heterocycles. The standard InChI is InChI=1S/C22H18N4O2/c1-13-8-10-15(11-9-13)26-19-18(21(27)25(2)22(19)28)17(16(12-23)20(26)24)14-6-4-3-5-7-14/h3-11,17H,24H2,1-2H3. The number of hydrogen-bond acceptors (Lipinski definition) is 5. The number of nitrogens with zero attached hydrogens (tertiary/aromatic N) is 3. The minimum atomic E-state index is -0.677. The number of amides is 2. The molecule has 2 aliphatic rings. The maximum atomic E-state index is 13.0. The number of nitriles is 1. The van der Waals surface area contributed by atoms with E-state index in [9.17, 15) is 14.9 Å². The van der Waals surface area contributed by atoms with E-state index in [1.54, 1.807) is 0 Å². The van der Waals surface area contributed by atoms with Crippen LogP contribution in [0, 0.1) is 18.3 Å². The first kappa shape index (κ1) is 17.6. The van der Waals surface area contributed by atoms with Crippen LogP contribution in [-0.4, -0.2) is 23.8 Å². The van der Waals surface area contributed by atoms with Gasteiger partial charge in [-0.25, -0.2) is 0 Å². The molecular formula is C22H18N4O2. The number of rotatable bonds is 2. The van der Waals surface area contributed by atoms with Crippen molar-refractivity contribution in [1.29, 1.82) is 5.26 Å². The molecule has 138 valence electrons. The fraction of sp³-hybridized carbons (Fsp3) is 0.136. The lowest BCUT2D eigenvalue weighted by Gasteiger charge is -2.33. The second kappa shape index (κ2) is 6.39. The van der Waals surface area contributed by atoms with Crippen LogP contribution in [0.4, 0.5) is 5.69 Å². The molecule has 0 aliphatic carbocycles. The van der Waals surface area contributed by atoms with Crippen molar-refractivity contribution >= 4 is 17.5 Å². The highest BCUT2D eigenvalue weighted by molar-refractivity contribution is 6.22. The zero-order chi connectivity index (χ0) is 20.0. The molecule has 0 spiro atoms. The van der Waals surface area contributed by atoms with E-state index >= 15 is 0 Å². The molecule has 0 bridgehead atoms. The number of hydrogen-bond donors (Lipinski definition) is 1. The fourth-order valence-electron chi connectivity index (χ4n) is 3.72. The third-order valence-electron chi connectivity index (χ3n) is 5.16. The number of allylic oxidation sites excluding steroid dienone is 1. The van der Waals surface area contributed by atoms with Gasteiger partial charge in [-0.15, -0.1) is 0 Å². The number of likely N-dealkylation sites (N-methyl/N-ethyl adjacent to an activating group) is 1. The highest BCUT2D eigenvalue weighted by atomic mass is 16.2. The molecule has 2 amide bonds. The summed E-state index contributed by atoms with van der Waals surface area (Å²) in [4.78, 5) is 28.5. The Kier molecular flexibility index (Phi) is 4.01. The van der Waals surface area contributed by atoms with Crippen LogP contribution in [0.3, 0.4) is 0 Å². The lowest BCUT2D eigenvalue weighted by atomic mass is 9.81. The zero-order valence-electron chi connectivity index (χ0n) is 15.5. The molecule has 0 fully saturated rings. The lowest BCUT2D eigenvalue weighted by Crippen LogP contribution is -2.37. The molecule has 2 N–H and O–H groups in total. The number of anilines is 1. The number of carbonyl (C=O) groups excluding carboxylic acids is 2. The van der Waals surface area contributed by atoms with Gasteiger partial charge in [0, 0.05) is 12.7 Å². The Bertz CT molecular complexity index is 1090. The molecular weight excluding hydrogens is 352 g/mol. The fourth-order valence-corrected chi connectivity index (χ4v) is 3.72. The van der Waals surface area contributed by atoms with Crippen molar-refractivity contribution in [3.8, 4) is 6.07 Å². The van der Waals surface area contributed by atoms with Gasteiger partial charge in [-0.05, 0) is 24.6 Å². The van der Waals surface area contributed by atoms with Crippen molar-refractivity contribution < 1.29 is 9.59 Å². The zero-order valence-corrected chi connectivity index (χ0v) is 15.5. The Morgan fingerprint density at radius 1 is 1.00 bits per heavy atom. The van der Waals surface area contributed by atoms with Gasteiger partial charge in [0.25, 0.3) is 11.8 Å². The summed E-state index contributed by atoms with van der Waals surface area (Å²) in [6.07, 6.45) is 0. The summed E-state index contributed by atoms with van der Waals surface area (Å²) in [6.45, 7) is 1.95. The molecule has 2 heterocycles. The van der Waals surface area contributed by atoms with E-state index < -0.39 is 17.7 Å². The highest BCUT2D eigenvalue weighted by Gasteiger charge is 2.48. The van der Waals surface area contributed by atoms with Gasteiger partial charge in [0.05, 0.1) is 23.1 Å². The quantitative estimate of drug-likeness (QED) is 0.821. The Labute approximate surface area is 162 Å². The van der Waals surface area contributed by atoms with E-state index in [4.69, 9.17) is 5.73 Å². The van der Waals surface area contributed by atoms with Crippen molar-refractivity contribution in [3.63, 3.8) is 0 Å². The molecule has 6 nitrogen and oxygen atoms in total. The molecule has 1 atom stereocenters. The number of imide groups is 1. The third-order valence-corrected chi connectivity index (χ3v) is 5.16. The molecule has 2 aromatic rings. The van der Waals surface area contributed by atoms with Gasteiger partial charge in [-0.1, -0.05) is 48.0 Å². The first-order valence-electron chi connectivity index (χ1n) is 8.83. The molecule has 6 heteroatoms. The lowest BCUT2D eigenvalue weighted by molar-refractivity contribution is -0.136. The maximum Gasteiger partial charge on any atom is 0.278 e. The van der Waals surface area contributed by atoms with Crippen LogP contribution in [0.2, 0.25) is 0 Å². The summed E-state index contributed by atoms with van der Waals surface area (Å²) in [5.41, 5.74) is 9.57. The summed E-state index contributed by atoms with van der Waals surface area (Å²) >= 11 is 0. The van der Waals surface area contributed by atoms with Gasteiger partial charge in [-0.2, -0.15) is 5.26 Å². The molecule has 0 radical (unpaired) electrons. The van der Waals surface area contributed by atoms with Crippen molar-refractivity contribution in [1.82, 2.24) is 4.90 Å². The SMILES string of the molecule is Cc1ccc(N2C(N)=C(C#N)C(c3ccccc3)C3=C2C(=O)N(C)C3=O)cc1. The number of benzene rings is 2. The normalized spacial score (nSPS) is 19.2. The Morgan fingerprint density at radius 3 is 2.25 bits per heavy atom. The number of carbonyl (C=O) groups is 2. The molecule has 1 unspecified atom stereocenters. The van der Waals surface area contributed by atoms with Crippen molar-refractivity contribution in [2.24, 2.45) is 5.73 Å². The van der Waals surface area contributed by atoms with E-state index in [1.807, 2.05) is 61.5 Å². The molecule has 2 aliphatic heterocycles. The topological polar surface area (TPSA) is 90.4 Å². The summed E-state index contributed by atoms with van der Waals surface area (Å²) in [7, 11) is 1.45. The smallest absolute Gasteiger partial charge is 0.278 e. The van der Waals surface area contributed by atoms with E-state index in [2.05, 4.69) is 6.07 Å². The van der Waals surface area contributed by atoms with Gasteiger partial charge < -0.3 is 5.73 Å². The summed E-state index contributed by atoms with van der Waals surface area (Å²) in [5, 5.41) is 9.89. The monoisotopic (exact) mass is 370 g/mol. The maximum absolute atomic E-state index is 13.0. The molecule has 0 aromatic heterocycles. The van der Waals surface area contributed by atoms with Gasteiger partial charge in [-0.3, -0.25) is 19.4 Å². The van der Waals surface area contributed by atoms with Crippen LogP contribution in [0.5, 0.6) is 0 Å². The number of nitrogens with two attached hydrogens (primary N) is 1. The van der Waals surface area contributed by atoms with Crippen molar-refractivity contribution in [3.05, 3.63) is 88.4 Å². The van der Waals surface area contributed by atoms with Crippen molar-refractivity contribution in [2.75, 3.05) is 11.9 Å². The minimum absolute atomic E-state index is 0.162. The van der Waals surface area contributed by atoms with E-state index in [0.717, 1.165) is 16.0 Å². The van der Waals surface area contributed by atoms with Crippen LogP contribution in [0.1, 0.15) is 17.0 Å². The second-order valence-electron chi connectivity index (χ2n) is 6.86. The largest absolute Gasteiger partial charge is 0.384 e. The van der Waals surface area contributed by atoms with Crippen LogP contribution in [0.25, 0.3) is 0 Å². The predicted octanol–water partition coefficient (Wildman–Crippen LogP) is 2.55. The van der Waals surface area contributed by atoms with Gasteiger partial charge in [0.15, 0.2) is 0 Å². The minimum Gasteiger partial charge on any atom is -0.384 e. The Balaban J connectivity index is 2.01. The molecule has 0 saturated carbocycles. The molecule has 2 aromatic carbocycles. The van der Waals surface area contributed by atoms with Gasteiger partial charge in [0.1, 0.15) is 11.5 Å². The number of aryl methyl sites for hydroxylation is 1. The summed E-state index contributed by atoms with van der Waals surface area (Å²) in [6, 6.07) is 18.8. The molecule has 4 rings (SSSR count). The summed E-state index contributed by atoms with van der Waals surface area (Å²) in [5.74, 6) is -1.35. The van der Waals surface area contributed by atoms with Crippen LogP contribution < -0.4 is 10.6 Å². The predicted molar refractivity (Wildman–Crippen MR) is 104 cm³/mol. The first-order chi connectivity index (χ1) is 13.5. The third kappa shape index (κ3) is 2.41. The van der Waals surface area contributed by atoms with Crippen LogP contribution in [-0.2, 0) is 9.59 Å². The summed E-state index contributed by atoms with van der Waals surface area (Å²) < 4.78 is 0. The van der Waals surface area contributed by atoms with E-state index in [1.165, 1.54) is 11.9 Å². The average Bonchev–Trinajstić information content (AvgIpc) is 2.93. The second-order valence-corrected chi connectivity index (χ2v) is 6.86. The van der Waals surface area contributed by atoms with E-state index in [-0.39, 0.29) is 22.7 Å². The van der Waals surface area contributed by atoms with Crippen molar-refractivity contribution in [2.45, 2.75) is 12.8 Å². The van der Waals surface area contributed by atoms with Gasteiger partial charge >= 0.3 is 0 Å².